The molecule has 3 N–H and O–H groups in total. The zero-order valence-corrected chi connectivity index (χ0v) is 10.8. The van der Waals surface area contributed by atoms with Crippen LogP contribution in [0.4, 0.5) is 18.9 Å². The number of thioether (sulfide) groups is 1. The lowest BCUT2D eigenvalue weighted by Gasteiger charge is -2.14. The molecule has 1 atom stereocenters. The molecule has 19 heavy (non-hydrogen) atoms. The van der Waals surface area contributed by atoms with Gasteiger partial charge in [-0.15, -0.1) is 0 Å². The number of amides is 1. The number of halogens is 3. The first kappa shape index (κ1) is 15.8. The molecule has 8 heteroatoms. The number of para-hydroxylation sites is 1. The SMILES string of the molecule is COCC(N)C(=O)Nc1ccccc1SC(F)(F)F. The summed E-state index contributed by atoms with van der Waals surface area (Å²) in [6, 6.07) is 4.70. The minimum absolute atomic E-state index is 0.0135. The van der Waals surface area contributed by atoms with Gasteiger partial charge in [-0.05, 0) is 23.9 Å². The topological polar surface area (TPSA) is 64.3 Å². The Morgan fingerprint density at radius 1 is 1.47 bits per heavy atom. The van der Waals surface area contributed by atoms with Crippen LogP contribution < -0.4 is 11.1 Å². The molecule has 0 heterocycles. The van der Waals surface area contributed by atoms with Gasteiger partial charge in [0.15, 0.2) is 0 Å². The summed E-state index contributed by atoms with van der Waals surface area (Å²) < 4.78 is 41.7. The van der Waals surface area contributed by atoms with Gasteiger partial charge in [-0.1, -0.05) is 12.1 Å². The number of nitrogens with two attached hydrogens (primary N) is 1. The zero-order chi connectivity index (χ0) is 14.5. The highest BCUT2D eigenvalue weighted by atomic mass is 32.2. The van der Waals surface area contributed by atoms with Crippen molar-refractivity contribution in [3.05, 3.63) is 24.3 Å². The Bertz CT molecular complexity index is 440. The zero-order valence-electron chi connectivity index (χ0n) is 10.0. The minimum Gasteiger partial charge on any atom is -0.383 e. The van der Waals surface area contributed by atoms with Crippen LogP contribution in [0, 0.1) is 0 Å². The lowest BCUT2D eigenvalue weighted by molar-refractivity contribution is -0.118. The molecule has 1 amide bonds. The maximum atomic E-state index is 12.3. The van der Waals surface area contributed by atoms with Crippen LogP contribution in [-0.4, -0.2) is 31.2 Å². The molecule has 0 spiro atoms. The van der Waals surface area contributed by atoms with Gasteiger partial charge in [-0.3, -0.25) is 4.79 Å². The van der Waals surface area contributed by atoms with Gasteiger partial charge in [-0.2, -0.15) is 13.2 Å². The summed E-state index contributed by atoms with van der Waals surface area (Å²) in [6.07, 6.45) is 0. The summed E-state index contributed by atoms with van der Waals surface area (Å²) in [7, 11) is 1.38. The number of hydrogen-bond acceptors (Lipinski definition) is 4. The molecule has 0 bridgehead atoms. The molecule has 0 saturated carbocycles. The average Bonchev–Trinajstić information content (AvgIpc) is 2.30. The largest absolute Gasteiger partial charge is 0.446 e. The van der Waals surface area contributed by atoms with Crippen molar-refractivity contribution in [1.82, 2.24) is 0 Å². The van der Waals surface area contributed by atoms with Gasteiger partial charge in [0.05, 0.1) is 12.3 Å². The molecule has 1 rings (SSSR count). The molecule has 4 nitrogen and oxygen atoms in total. The molecular weight excluding hydrogens is 281 g/mol. The maximum Gasteiger partial charge on any atom is 0.446 e. The predicted molar refractivity (Wildman–Crippen MR) is 66.8 cm³/mol. The van der Waals surface area contributed by atoms with Crippen LogP contribution in [0.5, 0.6) is 0 Å². The Kier molecular flexibility index (Phi) is 5.64. The van der Waals surface area contributed by atoms with E-state index in [9.17, 15) is 18.0 Å². The first-order valence-electron chi connectivity index (χ1n) is 5.23. The van der Waals surface area contributed by atoms with Crippen molar-refractivity contribution in [2.75, 3.05) is 19.0 Å². The molecule has 0 saturated heterocycles. The van der Waals surface area contributed by atoms with Gasteiger partial charge in [0.1, 0.15) is 6.04 Å². The van der Waals surface area contributed by atoms with E-state index in [0.29, 0.717) is 0 Å². The molecule has 1 aromatic rings. The van der Waals surface area contributed by atoms with Crippen molar-refractivity contribution in [2.24, 2.45) is 5.73 Å². The van der Waals surface area contributed by atoms with Crippen molar-refractivity contribution in [2.45, 2.75) is 16.4 Å². The van der Waals surface area contributed by atoms with E-state index in [2.05, 4.69) is 5.32 Å². The van der Waals surface area contributed by atoms with Crippen molar-refractivity contribution in [3.63, 3.8) is 0 Å². The third-order valence-electron chi connectivity index (χ3n) is 2.05. The van der Waals surface area contributed by atoms with Crippen LogP contribution in [0.2, 0.25) is 0 Å². The molecule has 0 radical (unpaired) electrons. The number of anilines is 1. The van der Waals surface area contributed by atoms with E-state index in [1.54, 1.807) is 0 Å². The van der Waals surface area contributed by atoms with Crippen molar-refractivity contribution >= 4 is 23.4 Å². The van der Waals surface area contributed by atoms with Gasteiger partial charge < -0.3 is 15.8 Å². The van der Waals surface area contributed by atoms with E-state index in [1.165, 1.54) is 31.4 Å². The molecule has 0 fully saturated rings. The molecule has 0 aliphatic rings. The van der Waals surface area contributed by atoms with Crippen LogP contribution in [0.3, 0.4) is 0 Å². The maximum absolute atomic E-state index is 12.3. The summed E-state index contributed by atoms with van der Waals surface area (Å²) in [6.45, 7) is -0.0135. The third-order valence-corrected chi connectivity index (χ3v) is 2.86. The van der Waals surface area contributed by atoms with E-state index < -0.39 is 17.5 Å². The summed E-state index contributed by atoms with van der Waals surface area (Å²) in [5.41, 5.74) is 1.14. The lowest BCUT2D eigenvalue weighted by Crippen LogP contribution is -2.39. The fourth-order valence-electron chi connectivity index (χ4n) is 1.26. The quantitative estimate of drug-likeness (QED) is 0.817. The Morgan fingerprint density at radius 2 is 2.11 bits per heavy atom. The van der Waals surface area contributed by atoms with Crippen LogP contribution in [0.25, 0.3) is 0 Å². The average molecular weight is 294 g/mol. The van der Waals surface area contributed by atoms with E-state index in [-0.39, 0.29) is 29.0 Å². The number of nitrogens with one attached hydrogen (secondary N) is 1. The van der Waals surface area contributed by atoms with Gasteiger partial charge in [-0.25, -0.2) is 0 Å². The standard InChI is InChI=1S/C11H13F3N2O2S/c1-18-6-7(15)10(17)16-8-4-2-3-5-9(8)19-11(12,13)14/h2-5,7H,6,15H2,1H3,(H,16,17). The highest BCUT2D eigenvalue weighted by Gasteiger charge is 2.30. The highest BCUT2D eigenvalue weighted by Crippen LogP contribution is 2.40. The number of methoxy groups -OCH3 is 1. The number of alkyl halides is 3. The normalized spacial score (nSPS) is 13.1. The number of carbonyl (C=O) groups excluding carboxylic acids is 1. The Labute approximate surface area is 112 Å². The van der Waals surface area contributed by atoms with Crippen LogP contribution in [-0.2, 0) is 9.53 Å². The lowest BCUT2D eigenvalue weighted by atomic mass is 10.2. The number of ether oxygens (including phenoxy) is 1. The third kappa shape index (κ3) is 5.50. The van der Waals surface area contributed by atoms with E-state index in [4.69, 9.17) is 10.5 Å². The first-order valence-corrected chi connectivity index (χ1v) is 6.05. The van der Waals surface area contributed by atoms with Crippen molar-refractivity contribution in [3.8, 4) is 0 Å². The predicted octanol–water partition coefficient (Wildman–Crippen LogP) is 2.21. The highest BCUT2D eigenvalue weighted by molar-refractivity contribution is 8.00. The second kappa shape index (κ2) is 6.78. The fourth-order valence-corrected chi connectivity index (χ4v) is 1.89. The van der Waals surface area contributed by atoms with Crippen molar-refractivity contribution in [1.29, 1.82) is 0 Å². The van der Waals surface area contributed by atoms with E-state index >= 15 is 0 Å². The number of hydrogen-bond donors (Lipinski definition) is 2. The minimum atomic E-state index is -4.42. The summed E-state index contributed by atoms with van der Waals surface area (Å²) in [5, 5.41) is 2.35. The molecule has 0 aromatic heterocycles. The first-order chi connectivity index (χ1) is 8.83. The Morgan fingerprint density at radius 3 is 2.68 bits per heavy atom. The van der Waals surface area contributed by atoms with E-state index in [0.717, 1.165) is 0 Å². The Balaban J connectivity index is 2.81. The molecular formula is C11H13F3N2O2S. The number of benzene rings is 1. The van der Waals surface area contributed by atoms with E-state index in [1.807, 2.05) is 0 Å². The van der Waals surface area contributed by atoms with Crippen LogP contribution in [0.15, 0.2) is 29.2 Å². The van der Waals surface area contributed by atoms with Gasteiger partial charge in [0.25, 0.3) is 0 Å². The summed E-state index contributed by atoms with van der Waals surface area (Å²) in [4.78, 5) is 11.5. The monoisotopic (exact) mass is 294 g/mol. The van der Waals surface area contributed by atoms with Gasteiger partial charge in [0, 0.05) is 12.0 Å². The number of carbonyl (C=O) groups is 1. The fraction of sp³-hybridized carbons (Fsp3) is 0.364. The van der Waals surface area contributed by atoms with Crippen LogP contribution in [0.1, 0.15) is 0 Å². The Hall–Kier alpha value is -1.25. The molecule has 1 aromatic carbocycles. The second-order valence-corrected chi connectivity index (χ2v) is 4.70. The molecule has 0 aliphatic heterocycles. The van der Waals surface area contributed by atoms with Crippen LogP contribution >= 0.6 is 11.8 Å². The second-order valence-electron chi connectivity index (χ2n) is 3.60. The molecule has 106 valence electrons. The number of rotatable bonds is 5. The van der Waals surface area contributed by atoms with Gasteiger partial charge >= 0.3 is 5.51 Å². The summed E-state index contributed by atoms with van der Waals surface area (Å²) in [5.74, 6) is -0.600. The smallest absolute Gasteiger partial charge is 0.383 e. The van der Waals surface area contributed by atoms with Crippen molar-refractivity contribution < 1.29 is 22.7 Å². The molecule has 0 aliphatic carbocycles. The van der Waals surface area contributed by atoms with Gasteiger partial charge in [0.2, 0.25) is 5.91 Å². The summed E-state index contributed by atoms with van der Waals surface area (Å²) >= 11 is -0.292. The molecule has 1 unspecified atom stereocenters.